The topological polar surface area (TPSA) is 125 Å². The number of aryl methyl sites for hydroxylation is 1. The van der Waals surface area contributed by atoms with E-state index in [2.05, 4.69) is 15.2 Å². The number of rotatable bonds is 6. The first-order chi connectivity index (χ1) is 14.5. The van der Waals surface area contributed by atoms with Crippen LogP contribution in [0.25, 0.3) is 0 Å². The zero-order valence-electron chi connectivity index (χ0n) is 16.8. The second-order valence-corrected chi connectivity index (χ2v) is 8.08. The van der Waals surface area contributed by atoms with Crippen molar-refractivity contribution in [1.82, 2.24) is 4.98 Å². The predicted molar refractivity (Wildman–Crippen MR) is 115 cm³/mol. The quantitative estimate of drug-likeness (QED) is 0.427. The summed E-state index contributed by atoms with van der Waals surface area (Å²) < 4.78 is 5.98. The number of nitrogens with two attached hydrogens (primary N) is 1. The Kier molecular flexibility index (Phi) is 5.48. The number of amidine groups is 1. The summed E-state index contributed by atoms with van der Waals surface area (Å²) in [5.41, 5.74) is 7.84. The monoisotopic (exact) mass is 409 g/mol. The molecule has 1 unspecified atom stereocenters. The minimum atomic E-state index is -0.908. The Balaban J connectivity index is 1.42. The lowest BCUT2D eigenvalue weighted by Gasteiger charge is -2.39. The third-order valence-electron chi connectivity index (χ3n) is 6.21. The number of nitrogens with one attached hydrogen (secondary N) is 2. The molecule has 0 saturated carbocycles. The van der Waals surface area contributed by atoms with Crippen LogP contribution in [-0.2, 0) is 11.2 Å². The number of aliphatic carboxylic acids is 1. The number of aromatic nitrogens is 1. The molecule has 1 atom stereocenters. The van der Waals surface area contributed by atoms with Gasteiger partial charge in [0.2, 0.25) is 0 Å². The molecule has 30 heavy (non-hydrogen) atoms. The smallest absolute Gasteiger partial charge is 0.313 e. The molecule has 4 rings (SSSR count). The van der Waals surface area contributed by atoms with Gasteiger partial charge in [-0.25, -0.2) is 0 Å². The van der Waals surface area contributed by atoms with E-state index in [4.69, 9.17) is 15.9 Å². The molecule has 0 amide bonds. The highest BCUT2D eigenvalue weighted by atomic mass is 16.5. The van der Waals surface area contributed by atoms with Crippen molar-refractivity contribution < 1.29 is 14.6 Å². The number of carboxylic acids is 1. The van der Waals surface area contributed by atoms with Gasteiger partial charge in [-0.1, -0.05) is 6.07 Å². The number of anilines is 2. The lowest BCUT2D eigenvalue weighted by molar-refractivity contribution is -0.152. The standard InChI is InChI=1S/C22H27N5O3/c23-20(24)18-4-2-15-1-3-17(13-19(15)26-18)30-14-22(21(28)29)7-11-27(12-8-22)16-5-9-25-10-6-16/h1,3,5-6,9-10,13,18,26H,2,4,7-8,11-12,14H2,(H3,23,24)(H,28,29). The van der Waals surface area contributed by atoms with Gasteiger partial charge in [-0.05, 0) is 49.4 Å². The van der Waals surface area contributed by atoms with E-state index in [-0.39, 0.29) is 18.5 Å². The van der Waals surface area contributed by atoms with Gasteiger partial charge in [0, 0.05) is 42.9 Å². The molecule has 2 aromatic rings. The average molecular weight is 409 g/mol. The number of carboxylic acid groups (broad SMARTS) is 1. The first kappa shape index (κ1) is 20.0. The van der Waals surface area contributed by atoms with E-state index in [0.29, 0.717) is 31.7 Å². The molecular weight excluding hydrogens is 382 g/mol. The number of benzene rings is 1. The van der Waals surface area contributed by atoms with Crippen LogP contribution >= 0.6 is 0 Å². The Labute approximate surface area is 175 Å². The van der Waals surface area contributed by atoms with Crippen molar-refractivity contribution in [2.45, 2.75) is 31.7 Å². The van der Waals surface area contributed by atoms with Gasteiger partial charge in [-0.2, -0.15) is 0 Å². The van der Waals surface area contributed by atoms with Gasteiger partial charge in [-0.3, -0.25) is 15.2 Å². The molecule has 8 heteroatoms. The molecule has 0 spiro atoms. The molecule has 1 aromatic heterocycles. The summed E-state index contributed by atoms with van der Waals surface area (Å²) in [6.07, 6.45) is 6.16. The van der Waals surface area contributed by atoms with Crippen LogP contribution in [0.15, 0.2) is 42.7 Å². The highest BCUT2D eigenvalue weighted by Gasteiger charge is 2.42. The number of piperidine rings is 1. The van der Waals surface area contributed by atoms with Crippen LogP contribution in [0, 0.1) is 10.8 Å². The Morgan fingerprint density at radius 1 is 1.30 bits per heavy atom. The highest BCUT2D eigenvalue weighted by Crippen LogP contribution is 2.36. The average Bonchev–Trinajstić information content (AvgIpc) is 2.78. The van der Waals surface area contributed by atoms with Crippen molar-refractivity contribution in [2.75, 3.05) is 29.9 Å². The van der Waals surface area contributed by atoms with E-state index in [9.17, 15) is 9.90 Å². The molecule has 5 N–H and O–H groups in total. The Bertz CT molecular complexity index is 926. The number of carbonyl (C=O) groups is 1. The summed E-state index contributed by atoms with van der Waals surface area (Å²) in [6, 6.07) is 9.48. The number of hydrogen-bond donors (Lipinski definition) is 4. The Hall–Kier alpha value is -3.29. The van der Waals surface area contributed by atoms with Gasteiger partial charge in [0.1, 0.15) is 23.6 Å². The number of fused-ring (bicyclic) bond motifs is 1. The van der Waals surface area contributed by atoms with E-state index < -0.39 is 11.4 Å². The van der Waals surface area contributed by atoms with Crippen LogP contribution in [0.4, 0.5) is 11.4 Å². The maximum absolute atomic E-state index is 12.1. The number of pyridine rings is 1. The molecule has 158 valence electrons. The SMILES string of the molecule is N=C(N)C1CCc2ccc(OCC3(C(=O)O)CCN(c4ccncc4)CC3)cc2N1. The summed E-state index contributed by atoms with van der Waals surface area (Å²) >= 11 is 0. The highest BCUT2D eigenvalue weighted by molar-refractivity contribution is 5.86. The lowest BCUT2D eigenvalue weighted by Crippen LogP contribution is -2.47. The minimum Gasteiger partial charge on any atom is -0.492 e. The first-order valence-corrected chi connectivity index (χ1v) is 10.2. The molecule has 2 aliphatic heterocycles. The van der Waals surface area contributed by atoms with Gasteiger partial charge in [0.05, 0.1) is 6.04 Å². The van der Waals surface area contributed by atoms with E-state index in [1.54, 1.807) is 12.4 Å². The first-order valence-electron chi connectivity index (χ1n) is 10.2. The van der Waals surface area contributed by atoms with Crippen LogP contribution in [0.3, 0.4) is 0 Å². The lowest BCUT2D eigenvalue weighted by atomic mass is 9.79. The van der Waals surface area contributed by atoms with E-state index in [1.165, 1.54) is 0 Å². The second kappa shape index (κ2) is 8.22. The molecule has 1 aromatic carbocycles. The van der Waals surface area contributed by atoms with Crippen molar-refractivity contribution in [3.8, 4) is 5.75 Å². The second-order valence-electron chi connectivity index (χ2n) is 8.08. The van der Waals surface area contributed by atoms with E-state index >= 15 is 0 Å². The van der Waals surface area contributed by atoms with Crippen LogP contribution < -0.4 is 20.7 Å². The van der Waals surface area contributed by atoms with Crippen molar-refractivity contribution in [1.29, 1.82) is 5.41 Å². The summed E-state index contributed by atoms with van der Waals surface area (Å²) in [5, 5.41) is 20.9. The number of hydrogen-bond acceptors (Lipinski definition) is 6. The molecule has 3 heterocycles. The van der Waals surface area contributed by atoms with Gasteiger partial charge < -0.3 is 25.8 Å². The fraction of sp³-hybridized carbons (Fsp3) is 0.409. The van der Waals surface area contributed by atoms with E-state index in [0.717, 1.165) is 29.8 Å². The van der Waals surface area contributed by atoms with Gasteiger partial charge >= 0.3 is 5.97 Å². The van der Waals surface area contributed by atoms with Crippen LogP contribution in [0.1, 0.15) is 24.8 Å². The van der Waals surface area contributed by atoms with Gasteiger partial charge in [0.25, 0.3) is 0 Å². The number of nitrogens with zero attached hydrogens (tertiary/aromatic N) is 2. The third kappa shape index (κ3) is 4.03. The maximum atomic E-state index is 12.1. The molecule has 2 aliphatic rings. The fourth-order valence-corrected chi connectivity index (χ4v) is 4.18. The van der Waals surface area contributed by atoms with Crippen LogP contribution in [0.2, 0.25) is 0 Å². The Morgan fingerprint density at radius 2 is 2.03 bits per heavy atom. The van der Waals surface area contributed by atoms with Crippen LogP contribution in [0.5, 0.6) is 5.75 Å². The van der Waals surface area contributed by atoms with Crippen molar-refractivity contribution in [2.24, 2.45) is 11.1 Å². The van der Waals surface area contributed by atoms with E-state index in [1.807, 2.05) is 30.3 Å². The van der Waals surface area contributed by atoms with Gasteiger partial charge in [0.15, 0.2) is 0 Å². The normalized spacial score (nSPS) is 20.0. The molecular formula is C22H27N5O3. The van der Waals surface area contributed by atoms with Crippen LogP contribution in [-0.4, -0.2) is 47.6 Å². The molecule has 1 saturated heterocycles. The zero-order valence-corrected chi connectivity index (χ0v) is 16.8. The molecule has 8 nitrogen and oxygen atoms in total. The third-order valence-corrected chi connectivity index (χ3v) is 6.21. The largest absolute Gasteiger partial charge is 0.492 e. The van der Waals surface area contributed by atoms with Crippen molar-refractivity contribution >= 4 is 23.2 Å². The minimum absolute atomic E-state index is 0.123. The molecule has 0 radical (unpaired) electrons. The summed E-state index contributed by atoms with van der Waals surface area (Å²) in [7, 11) is 0. The predicted octanol–water partition coefficient (Wildman–Crippen LogP) is 2.49. The van der Waals surface area contributed by atoms with Gasteiger partial charge in [-0.15, -0.1) is 0 Å². The van der Waals surface area contributed by atoms with Crippen molar-refractivity contribution in [3.63, 3.8) is 0 Å². The van der Waals surface area contributed by atoms with Crippen molar-refractivity contribution in [3.05, 3.63) is 48.3 Å². The zero-order chi connectivity index (χ0) is 21.1. The molecule has 1 fully saturated rings. The Morgan fingerprint density at radius 3 is 2.70 bits per heavy atom. The maximum Gasteiger partial charge on any atom is 0.313 e. The summed E-state index contributed by atoms with van der Waals surface area (Å²) in [6.45, 7) is 1.44. The summed E-state index contributed by atoms with van der Waals surface area (Å²) in [5.74, 6) is -0.0648. The fourth-order valence-electron chi connectivity index (χ4n) is 4.18. The molecule has 0 aliphatic carbocycles. The summed E-state index contributed by atoms with van der Waals surface area (Å²) in [4.78, 5) is 18.4. The number of ether oxygens (including phenoxy) is 1. The molecule has 0 bridgehead atoms.